The minimum atomic E-state index is -0.712. The second-order valence-electron chi connectivity index (χ2n) is 5.43. The highest BCUT2D eigenvalue weighted by molar-refractivity contribution is 5.91. The van der Waals surface area contributed by atoms with E-state index in [0.29, 0.717) is 11.5 Å². The van der Waals surface area contributed by atoms with Gasteiger partial charge in [0.05, 0.1) is 7.11 Å². The molecule has 0 unspecified atom stereocenters. The summed E-state index contributed by atoms with van der Waals surface area (Å²) >= 11 is 0. The number of aromatic nitrogens is 2. The fourth-order valence-corrected chi connectivity index (χ4v) is 2.19. The first-order chi connectivity index (χ1) is 13.7. The normalized spacial score (nSPS) is 10.2. The number of ether oxygens (including phenoxy) is 3. The predicted molar refractivity (Wildman–Crippen MR) is 97.8 cm³/mol. The van der Waals surface area contributed by atoms with Crippen LogP contribution in [0.5, 0.6) is 11.5 Å². The Bertz CT molecular complexity index is 942. The Morgan fingerprint density at radius 3 is 2.43 bits per heavy atom. The quantitative estimate of drug-likeness (QED) is 0.590. The third-order valence-electron chi connectivity index (χ3n) is 3.47. The van der Waals surface area contributed by atoms with Crippen molar-refractivity contribution >= 4 is 17.9 Å². The highest BCUT2D eigenvalue weighted by atomic mass is 16.6. The van der Waals surface area contributed by atoms with Crippen LogP contribution in [0.3, 0.4) is 0 Å². The van der Waals surface area contributed by atoms with Crippen molar-refractivity contribution in [3.63, 3.8) is 0 Å². The molecule has 28 heavy (non-hydrogen) atoms. The number of para-hydroxylation sites is 2. The summed E-state index contributed by atoms with van der Waals surface area (Å²) in [4.78, 5) is 23.6. The zero-order chi connectivity index (χ0) is 19.8. The second kappa shape index (κ2) is 9.17. The number of nitrogens with one attached hydrogen (secondary N) is 1. The van der Waals surface area contributed by atoms with Crippen molar-refractivity contribution in [2.75, 3.05) is 25.6 Å². The summed E-state index contributed by atoms with van der Waals surface area (Å²) in [6.45, 7) is -0.885. The van der Waals surface area contributed by atoms with Crippen LogP contribution in [-0.2, 0) is 14.3 Å². The first-order valence-electron chi connectivity index (χ1n) is 8.26. The van der Waals surface area contributed by atoms with Gasteiger partial charge in [0.1, 0.15) is 0 Å². The van der Waals surface area contributed by atoms with E-state index in [0.717, 1.165) is 5.56 Å². The SMILES string of the molecule is COc1ccccc1OCC(=O)OCC(=O)Nc1nnc(-c2ccccc2)o1. The van der Waals surface area contributed by atoms with Crippen LogP contribution in [0, 0.1) is 0 Å². The number of hydrogen-bond acceptors (Lipinski definition) is 8. The largest absolute Gasteiger partial charge is 0.493 e. The molecule has 9 heteroatoms. The Labute approximate surface area is 160 Å². The number of amides is 1. The van der Waals surface area contributed by atoms with Crippen LogP contribution in [0.25, 0.3) is 11.5 Å². The minimum Gasteiger partial charge on any atom is -0.493 e. The zero-order valence-electron chi connectivity index (χ0n) is 15.0. The fourth-order valence-electron chi connectivity index (χ4n) is 2.19. The standard InChI is InChI=1S/C19H17N3O6/c1-25-14-9-5-6-10-15(14)26-12-17(24)27-11-16(23)20-19-22-21-18(28-19)13-7-3-2-4-8-13/h2-10H,11-12H2,1H3,(H,20,22,23). The Balaban J connectivity index is 1.44. The van der Waals surface area contributed by atoms with E-state index in [-0.39, 0.29) is 18.5 Å². The van der Waals surface area contributed by atoms with Gasteiger partial charge in [-0.3, -0.25) is 10.1 Å². The lowest BCUT2D eigenvalue weighted by Crippen LogP contribution is -2.23. The highest BCUT2D eigenvalue weighted by Gasteiger charge is 2.14. The average molecular weight is 383 g/mol. The minimum absolute atomic E-state index is 0.0924. The lowest BCUT2D eigenvalue weighted by Gasteiger charge is -2.09. The summed E-state index contributed by atoms with van der Waals surface area (Å²) in [5.41, 5.74) is 0.718. The first-order valence-corrected chi connectivity index (χ1v) is 8.26. The van der Waals surface area contributed by atoms with Gasteiger partial charge in [-0.2, -0.15) is 0 Å². The molecule has 144 valence electrons. The maximum absolute atomic E-state index is 11.9. The molecule has 2 aromatic carbocycles. The van der Waals surface area contributed by atoms with Gasteiger partial charge in [-0.15, -0.1) is 5.10 Å². The van der Waals surface area contributed by atoms with Gasteiger partial charge in [0.25, 0.3) is 5.91 Å². The summed E-state index contributed by atoms with van der Waals surface area (Å²) in [7, 11) is 1.49. The number of hydrogen-bond donors (Lipinski definition) is 1. The topological polar surface area (TPSA) is 113 Å². The van der Waals surface area contributed by atoms with Gasteiger partial charge in [0.2, 0.25) is 5.89 Å². The molecule has 0 spiro atoms. The number of rotatable bonds is 8. The number of anilines is 1. The molecule has 0 aliphatic carbocycles. The monoisotopic (exact) mass is 383 g/mol. The summed E-state index contributed by atoms with van der Waals surface area (Å²) in [5.74, 6) is -0.187. The van der Waals surface area contributed by atoms with Crippen LogP contribution >= 0.6 is 0 Å². The van der Waals surface area contributed by atoms with Gasteiger partial charge in [0, 0.05) is 5.56 Å². The van der Waals surface area contributed by atoms with Crippen LogP contribution < -0.4 is 14.8 Å². The van der Waals surface area contributed by atoms with Crippen molar-refractivity contribution in [2.45, 2.75) is 0 Å². The molecule has 3 aromatic rings. The molecule has 3 rings (SSSR count). The van der Waals surface area contributed by atoms with Gasteiger partial charge in [-0.1, -0.05) is 35.4 Å². The molecule has 1 N–H and O–H groups in total. The van der Waals surface area contributed by atoms with Gasteiger partial charge in [-0.05, 0) is 24.3 Å². The average Bonchev–Trinajstić information content (AvgIpc) is 3.20. The van der Waals surface area contributed by atoms with E-state index in [1.165, 1.54) is 7.11 Å². The first kappa shape index (κ1) is 18.9. The van der Waals surface area contributed by atoms with Gasteiger partial charge in [-0.25, -0.2) is 4.79 Å². The molecule has 1 aromatic heterocycles. The molecule has 1 amide bonds. The number of nitrogens with zero attached hydrogens (tertiary/aromatic N) is 2. The van der Waals surface area contributed by atoms with Crippen molar-refractivity contribution in [1.82, 2.24) is 10.2 Å². The van der Waals surface area contributed by atoms with Crippen molar-refractivity contribution in [3.05, 3.63) is 54.6 Å². The number of benzene rings is 2. The smallest absolute Gasteiger partial charge is 0.344 e. The van der Waals surface area contributed by atoms with Crippen molar-refractivity contribution in [1.29, 1.82) is 0 Å². The number of carbonyl (C=O) groups is 2. The Morgan fingerprint density at radius 2 is 1.68 bits per heavy atom. The maximum atomic E-state index is 11.9. The molecule has 0 saturated carbocycles. The highest BCUT2D eigenvalue weighted by Crippen LogP contribution is 2.25. The fraction of sp³-hybridized carbons (Fsp3) is 0.158. The summed E-state index contributed by atoms with van der Waals surface area (Å²) < 4.78 is 20.6. The zero-order valence-corrected chi connectivity index (χ0v) is 15.0. The molecule has 0 radical (unpaired) electrons. The van der Waals surface area contributed by atoms with E-state index >= 15 is 0 Å². The Morgan fingerprint density at radius 1 is 0.964 bits per heavy atom. The number of carbonyl (C=O) groups excluding carboxylic acids is 2. The summed E-state index contributed by atoms with van der Waals surface area (Å²) in [6.07, 6.45) is 0. The van der Waals surface area contributed by atoms with Crippen LogP contribution in [0.4, 0.5) is 6.01 Å². The van der Waals surface area contributed by atoms with E-state index < -0.39 is 18.5 Å². The van der Waals surface area contributed by atoms with Gasteiger partial charge < -0.3 is 18.6 Å². The molecule has 0 bridgehead atoms. The molecule has 0 aliphatic heterocycles. The van der Waals surface area contributed by atoms with E-state index in [1.807, 2.05) is 18.2 Å². The predicted octanol–water partition coefficient (Wildman–Crippen LogP) is 2.31. The van der Waals surface area contributed by atoms with E-state index in [2.05, 4.69) is 15.5 Å². The summed E-state index contributed by atoms with van der Waals surface area (Å²) in [6, 6.07) is 15.9. The van der Waals surface area contributed by atoms with E-state index in [9.17, 15) is 9.59 Å². The van der Waals surface area contributed by atoms with Gasteiger partial charge in [0.15, 0.2) is 24.7 Å². The molecular formula is C19H17N3O6. The molecule has 1 heterocycles. The van der Waals surface area contributed by atoms with Crippen molar-refractivity contribution in [3.8, 4) is 23.0 Å². The van der Waals surface area contributed by atoms with Crippen molar-refractivity contribution in [2.24, 2.45) is 0 Å². The van der Waals surface area contributed by atoms with Crippen LogP contribution in [-0.4, -0.2) is 42.4 Å². The lowest BCUT2D eigenvalue weighted by molar-refractivity contribution is -0.149. The molecule has 0 aliphatic rings. The van der Waals surface area contributed by atoms with Crippen LogP contribution in [0.2, 0.25) is 0 Å². The second-order valence-corrected chi connectivity index (χ2v) is 5.43. The van der Waals surface area contributed by atoms with E-state index in [4.69, 9.17) is 18.6 Å². The van der Waals surface area contributed by atoms with E-state index in [1.54, 1.807) is 36.4 Å². The number of esters is 1. The van der Waals surface area contributed by atoms with Gasteiger partial charge >= 0.3 is 12.0 Å². The Hall–Kier alpha value is -3.88. The summed E-state index contributed by atoms with van der Waals surface area (Å²) in [5, 5.41) is 9.93. The van der Waals surface area contributed by atoms with Crippen LogP contribution in [0.1, 0.15) is 0 Å². The molecule has 0 saturated heterocycles. The number of methoxy groups -OCH3 is 1. The molecular weight excluding hydrogens is 366 g/mol. The molecule has 9 nitrogen and oxygen atoms in total. The van der Waals surface area contributed by atoms with Crippen LogP contribution in [0.15, 0.2) is 59.0 Å². The third-order valence-corrected chi connectivity index (χ3v) is 3.47. The molecule has 0 fully saturated rings. The van der Waals surface area contributed by atoms with Crippen molar-refractivity contribution < 1.29 is 28.2 Å². The molecule has 0 atom stereocenters. The third kappa shape index (κ3) is 5.07. The maximum Gasteiger partial charge on any atom is 0.344 e. The Kier molecular flexibility index (Phi) is 6.19. The lowest BCUT2D eigenvalue weighted by atomic mass is 10.2.